The van der Waals surface area contributed by atoms with Crippen LogP contribution in [-0.4, -0.2) is 78.6 Å². The lowest BCUT2D eigenvalue weighted by Crippen LogP contribution is -2.51. The Balaban J connectivity index is 1.22. The normalized spacial score (nSPS) is 24.3. The Hall–Kier alpha value is -2.71. The monoisotopic (exact) mass is 428 g/mol. The number of rotatable bonds is 5. The fourth-order valence-electron chi connectivity index (χ4n) is 4.33. The molecule has 0 bridgehead atoms. The highest BCUT2D eigenvalue weighted by Gasteiger charge is 2.31. The molecule has 2 fully saturated rings. The summed E-state index contributed by atoms with van der Waals surface area (Å²) in [6.07, 6.45) is 5.95. The number of benzene rings is 1. The van der Waals surface area contributed by atoms with E-state index in [4.69, 9.17) is 0 Å². The van der Waals surface area contributed by atoms with Gasteiger partial charge in [0.1, 0.15) is 5.82 Å². The molecule has 2 amide bonds. The quantitative estimate of drug-likeness (QED) is 0.735. The van der Waals surface area contributed by atoms with Gasteiger partial charge in [0.05, 0.1) is 24.3 Å². The molecular weight excluding hydrogens is 399 g/mol. The van der Waals surface area contributed by atoms with E-state index in [2.05, 4.69) is 5.32 Å². The van der Waals surface area contributed by atoms with Gasteiger partial charge >= 0.3 is 0 Å². The third-order valence-corrected chi connectivity index (χ3v) is 6.17. The predicted octanol–water partition coefficient (Wildman–Crippen LogP) is 1.12. The van der Waals surface area contributed by atoms with Gasteiger partial charge in [0.2, 0.25) is 11.8 Å². The number of anilines is 1. The number of likely N-dealkylation sites (tertiary alicyclic amines) is 1. The molecule has 166 valence electrons. The molecule has 1 aromatic carbocycles. The second kappa shape index (κ2) is 9.62. The van der Waals surface area contributed by atoms with Crippen LogP contribution in [0.15, 0.2) is 48.2 Å². The van der Waals surface area contributed by atoms with E-state index in [9.17, 15) is 19.1 Å². The van der Waals surface area contributed by atoms with Crippen LogP contribution in [0.2, 0.25) is 0 Å². The lowest BCUT2D eigenvalue weighted by molar-refractivity contribution is -0.133. The van der Waals surface area contributed by atoms with Gasteiger partial charge in [-0.25, -0.2) is 4.39 Å². The molecule has 0 spiro atoms. The summed E-state index contributed by atoms with van der Waals surface area (Å²) in [6.45, 7) is 3.93. The first kappa shape index (κ1) is 21.5. The predicted molar refractivity (Wildman–Crippen MR) is 116 cm³/mol. The van der Waals surface area contributed by atoms with Crippen molar-refractivity contribution in [3.8, 4) is 0 Å². The van der Waals surface area contributed by atoms with E-state index in [1.165, 1.54) is 6.07 Å². The maximum absolute atomic E-state index is 14.0. The van der Waals surface area contributed by atoms with Crippen LogP contribution < -0.4 is 10.2 Å². The molecule has 0 radical (unpaired) electrons. The smallest absolute Gasteiger partial charge is 0.236 e. The van der Waals surface area contributed by atoms with Gasteiger partial charge in [0.15, 0.2) is 0 Å². The summed E-state index contributed by atoms with van der Waals surface area (Å²) in [6, 6.07) is 6.72. The van der Waals surface area contributed by atoms with E-state index in [1.807, 2.05) is 26.8 Å². The van der Waals surface area contributed by atoms with Crippen molar-refractivity contribution in [2.45, 2.75) is 18.9 Å². The van der Waals surface area contributed by atoms with Crippen molar-refractivity contribution in [1.82, 2.24) is 15.1 Å². The third kappa shape index (κ3) is 5.32. The van der Waals surface area contributed by atoms with Crippen LogP contribution in [-0.2, 0) is 9.59 Å². The molecule has 2 saturated heterocycles. The highest BCUT2D eigenvalue weighted by Crippen LogP contribution is 2.21. The van der Waals surface area contributed by atoms with Crippen molar-refractivity contribution < 1.29 is 19.1 Å². The molecule has 3 aliphatic rings. The number of nitrogens with zero attached hydrogens (tertiary/aromatic N) is 3. The number of halogens is 1. The molecule has 31 heavy (non-hydrogen) atoms. The highest BCUT2D eigenvalue weighted by molar-refractivity contribution is 5.82. The van der Waals surface area contributed by atoms with E-state index in [-0.39, 0.29) is 23.5 Å². The Kier molecular flexibility index (Phi) is 6.67. The summed E-state index contributed by atoms with van der Waals surface area (Å²) < 4.78 is 14.0. The number of carbonyl (C=O) groups excluding carboxylic acids is 2. The van der Waals surface area contributed by atoms with E-state index < -0.39 is 6.10 Å². The zero-order valence-corrected chi connectivity index (χ0v) is 17.5. The Morgan fingerprint density at radius 1 is 1.13 bits per heavy atom. The Morgan fingerprint density at radius 3 is 2.61 bits per heavy atom. The number of hydrogen-bond donors (Lipinski definition) is 2. The van der Waals surface area contributed by atoms with Gasteiger partial charge in [-0.2, -0.15) is 0 Å². The van der Waals surface area contributed by atoms with Gasteiger partial charge in [-0.3, -0.25) is 14.5 Å². The minimum Gasteiger partial charge on any atom is -0.389 e. The summed E-state index contributed by atoms with van der Waals surface area (Å²) >= 11 is 0. The minimum absolute atomic E-state index is 0.0410. The molecule has 1 aliphatic carbocycles. The van der Waals surface area contributed by atoms with Gasteiger partial charge in [-0.15, -0.1) is 0 Å². The van der Waals surface area contributed by atoms with Crippen LogP contribution in [0.4, 0.5) is 10.1 Å². The van der Waals surface area contributed by atoms with Crippen LogP contribution >= 0.6 is 0 Å². The molecule has 0 saturated carbocycles. The summed E-state index contributed by atoms with van der Waals surface area (Å²) in [7, 11) is 0. The minimum atomic E-state index is -0.484. The van der Waals surface area contributed by atoms with Crippen molar-refractivity contribution >= 4 is 17.5 Å². The first-order valence-electron chi connectivity index (χ1n) is 10.9. The molecule has 2 atom stereocenters. The van der Waals surface area contributed by atoms with Crippen molar-refractivity contribution in [3.63, 3.8) is 0 Å². The number of hydrogen-bond acceptors (Lipinski definition) is 5. The van der Waals surface area contributed by atoms with Crippen molar-refractivity contribution in [1.29, 1.82) is 0 Å². The molecule has 1 aromatic rings. The number of para-hydroxylation sites is 1. The van der Waals surface area contributed by atoms with Crippen molar-refractivity contribution in [2.24, 2.45) is 5.92 Å². The van der Waals surface area contributed by atoms with Gasteiger partial charge in [-0.05, 0) is 37.6 Å². The zero-order chi connectivity index (χ0) is 21.8. The molecule has 2 unspecified atom stereocenters. The number of allylic oxidation sites excluding steroid dienone is 1. The van der Waals surface area contributed by atoms with E-state index in [0.29, 0.717) is 57.9 Å². The second-order valence-electron chi connectivity index (χ2n) is 8.35. The number of carbonyl (C=O) groups is 2. The fraction of sp³-hybridized carbons (Fsp3) is 0.478. The first-order chi connectivity index (χ1) is 15.0. The summed E-state index contributed by atoms with van der Waals surface area (Å²) in [5, 5.41) is 12.4. The number of aliphatic hydroxyl groups excluding tert-OH is 1. The molecule has 7 nitrogen and oxygen atoms in total. The Labute approximate surface area is 181 Å². The molecule has 4 rings (SSSR count). The summed E-state index contributed by atoms with van der Waals surface area (Å²) in [4.78, 5) is 31.1. The average Bonchev–Trinajstić information content (AvgIpc) is 3.24. The van der Waals surface area contributed by atoms with Crippen LogP contribution in [0.5, 0.6) is 0 Å². The van der Waals surface area contributed by atoms with E-state index >= 15 is 0 Å². The van der Waals surface area contributed by atoms with Crippen LogP contribution in [0, 0.1) is 11.7 Å². The topological polar surface area (TPSA) is 76.1 Å². The lowest BCUT2D eigenvalue weighted by Gasteiger charge is -2.36. The number of amides is 2. The van der Waals surface area contributed by atoms with E-state index in [0.717, 1.165) is 12.1 Å². The molecule has 8 heteroatoms. The number of nitrogens with one attached hydrogen (secondary N) is 1. The maximum Gasteiger partial charge on any atom is 0.236 e. The highest BCUT2D eigenvalue weighted by atomic mass is 19.1. The third-order valence-electron chi connectivity index (χ3n) is 6.17. The Morgan fingerprint density at radius 2 is 1.90 bits per heavy atom. The number of piperazine rings is 1. The largest absolute Gasteiger partial charge is 0.389 e. The summed E-state index contributed by atoms with van der Waals surface area (Å²) in [5.74, 6) is -0.368. The first-order valence-corrected chi connectivity index (χ1v) is 10.9. The van der Waals surface area contributed by atoms with Crippen LogP contribution in [0.25, 0.3) is 0 Å². The van der Waals surface area contributed by atoms with Crippen molar-refractivity contribution in [3.05, 3.63) is 54.0 Å². The van der Waals surface area contributed by atoms with Crippen LogP contribution in [0.3, 0.4) is 0 Å². The molecule has 2 N–H and O–H groups in total. The maximum atomic E-state index is 14.0. The van der Waals surface area contributed by atoms with Gasteiger partial charge < -0.3 is 20.2 Å². The van der Waals surface area contributed by atoms with Gasteiger partial charge in [0.25, 0.3) is 0 Å². The van der Waals surface area contributed by atoms with Crippen LogP contribution in [0.1, 0.15) is 12.8 Å². The fourth-order valence-corrected chi connectivity index (χ4v) is 4.33. The summed E-state index contributed by atoms with van der Waals surface area (Å²) in [5.41, 5.74) is 1.30. The van der Waals surface area contributed by atoms with Gasteiger partial charge in [0, 0.05) is 38.4 Å². The standard InChI is InChI=1S/C23H29FN4O3/c24-20-3-1-2-4-21(20)27-11-13-28(14-12-27)22(30)16-26-10-9-17(15-26)23(31)25-18-5-7-19(29)8-6-18/h1-7,17,19,29H,8-16H2,(H,25,31). The average molecular weight is 429 g/mol. The molecular formula is C23H29FN4O3. The molecule has 0 aromatic heterocycles. The Bertz CT molecular complexity index is 879. The second-order valence-corrected chi connectivity index (χ2v) is 8.35. The lowest BCUT2D eigenvalue weighted by atomic mass is 10.1. The number of aliphatic hydroxyl groups is 1. The molecule has 2 heterocycles. The molecule has 2 aliphatic heterocycles. The van der Waals surface area contributed by atoms with Crippen molar-refractivity contribution in [2.75, 3.05) is 50.7 Å². The van der Waals surface area contributed by atoms with E-state index in [1.54, 1.807) is 24.3 Å². The SMILES string of the molecule is O=C(NC1=CCC(O)C=C1)C1CCN(CC(=O)N2CCN(c3ccccc3F)CC2)C1. The van der Waals surface area contributed by atoms with Gasteiger partial charge in [-0.1, -0.05) is 24.3 Å². The zero-order valence-electron chi connectivity index (χ0n) is 17.5.